The lowest BCUT2D eigenvalue weighted by Gasteiger charge is -2.09. The fourth-order valence-electron chi connectivity index (χ4n) is 1.69. The van der Waals surface area contributed by atoms with Gasteiger partial charge in [0.25, 0.3) is 5.91 Å². The van der Waals surface area contributed by atoms with E-state index in [0.717, 1.165) is 0 Å². The first-order valence-electron chi connectivity index (χ1n) is 5.97. The number of carbonyl (C=O) groups excluding carboxylic acids is 1. The molecule has 1 amide bonds. The average Bonchev–Trinajstić information content (AvgIpc) is 2.45. The number of rotatable bonds is 4. The Kier molecular flexibility index (Phi) is 4.90. The van der Waals surface area contributed by atoms with Crippen molar-refractivity contribution < 1.29 is 13.9 Å². The molecule has 0 aliphatic rings. The molecule has 0 saturated carbocycles. The van der Waals surface area contributed by atoms with Crippen molar-refractivity contribution in [2.75, 3.05) is 11.9 Å². The molecule has 0 radical (unpaired) electrons. The predicted molar refractivity (Wildman–Crippen MR) is 79.6 cm³/mol. The number of anilines is 1. The minimum atomic E-state index is -0.612. The van der Waals surface area contributed by atoms with E-state index in [2.05, 4.69) is 21.2 Å². The first-order chi connectivity index (χ1) is 10.1. The van der Waals surface area contributed by atoms with Crippen LogP contribution in [0.15, 0.2) is 46.9 Å². The zero-order chi connectivity index (χ0) is 15.2. The number of carbonyl (C=O) groups is 1. The third-order valence-electron chi connectivity index (χ3n) is 2.59. The van der Waals surface area contributed by atoms with Crippen LogP contribution in [-0.4, -0.2) is 12.5 Å². The summed E-state index contributed by atoms with van der Waals surface area (Å²) in [6.07, 6.45) is 0. The minimum absolute atomic E-state index is 0.0687. The number of nitrogens with one attached hydrogen (secondary N) is 1. The van der Waals surface area contributed by atoms with E-state index in [9.17, 15) is 9.18 Å². The summed E-state index contributed by atoms with van der Waals surface area (Å²) in [4.78, 5) is 12.1. The van der Waals surface area contributed by atoms with Gasteiger partial charge in [-0.15, -0.1) is 0 Å². The van der Waals surface area contributed by atoms with E-state index in [-0.39, 0.29) is 12.2 Å². The van der Waals surface area contributed by atoms with Gasteiger partial charge >= 0.3 is 0 Å². The number of hydrogen-bond acceptors (Lipinski definition) is 3. The van der Waals surface area contributed by atoms with Gasteiger partial charge in [-0.2, -0.15) is 5.26 Å². The second kappa shape index (κ2) is 6.86. The van der Waals surface area contributed by atoms with Gasteiger partial charge < -0.3 is 10.1 Å². The molecule has 1 N–H and O–H groups in total. The molecule has 0 aliphatic carbocycles. The summed E-state index contributed by atoms with van der Waals surface area (Å²) in [6, 6.07) is 12.7. The van der Waals surface area contributed by atoms with E-state index in [1.165, 1.54) is 12.1 Å². The molecule has 0 saturated heterocycles. The van der Waals surface area contributed by atoms with Crippen LogP contribution in [0.1, 0.15) is 10.4 Å². The second-order valence-electron chi connectivity index (χ2n) is 4.03. The fraction of sp³-hybridized carbons (Fsp3) is 0.0667. The van der Waals surface area contributed by atoms with Crippen LogP contribution in [0.2, 0.25) is 0 Å². The molecule has 4 nitrogen and oxygen atoms in total. The molecule has 0 bridgehead atoms. The fourth-order valence-corrected chi connectivity index (χ4v) is 2.21. The Balaban J connectivity index is 2.18. The Morgan fingerprint density at radius 3 is 2.81 bits per heavy atom. The Morgan fingerprint density at radius 1 is 1.33 bits per heavy atom. The van der Waals surface area contributed by atoms with E-state index < -0.39 is 11.7 Å². The van der Waals surface area contributed by atoms with E-state index in [0.29, 0.717) is 15.9 Å². The third-order valence-corrected chi connectivity index (χ3v) is 3.25. The molecule has 2 aromatic rings. The maximum Gasteiger partial charge on any atom is 0.259 e. The number of nitrogens with zero attached hydrogens (tertiary/aromatic N) is 1. The monoisotopic (exact) mass is 348 g/mol. The number of benzene rings is 2. The number of nitriles is 1. The first kappa shape index (κ1) is 15.0. The smallest absolute Gasteiger partial charge is 0.259 e. The van der Waals surface area contributed by atoms with Crippen molar-refractivity contribution in [3.8, 4) is 11.8 Å². The highest BCUT2D eigenvalue weighted by atomic mass is 79.9. The van der Waals surface area contributed by atoms with Crippen LogP contribution in [0.4, 0.5) is 10.1 Å². The molecule has 2 aromatic carbocycles. The highest BCUT2D eigenvalue weighted by Gasteiger charge is 2.15. The molecule has 0 fully saturated rings. The Hall–Kier alpha value is -2.39. The summed E-state index contributed by atoms with van der Waals surface area (Å²) in [5.74, 6) is -0.738. The van der Waals surface area contributed by atoms with Crippen LogP contribution in [0.5, 0.6) is 5.75 Å². The van der Waals surface area contributed by atoms with Crippen LogP contribution < -0.4 is 10.1 Å². The van der Waals surface area contributed by atoms with Crippen molar-refractivity contribution in [1.29, 1.82) is 5.26 Å². The molecular formula is C15H10BrFN2O2. The van der Waals surface area contributed by atoms with Crippen LogP contribution in [0, 0.1) is 17.1 Å². The van der Waals surface area contributed by atoms with Crippen molar-refractivity contribution in [2.45, 2.75) is 0 Å². The van der Waals surface area contributed by atoms with E-state index in [1.54, 1.807) is 30.3 Å². The summed E-state index contributed by atoms with van der Waals surface area (Å²) < 4.78 is 19.2. The third kappa shape index (κ3) is 3.80. The zero-order valence-corrected chi connectivity index (χ0v) is 12.4. The highest BCUT2D eigenvalue weighted by Crippen LogP contribution is 2.22. The summed E-state index contributed by atoms with van der Waals surface area (Å²) in [5, 5.41) is 11.0. The van der Waals surface area contributed by atoms with Gasteiger partial charge in [0, 0.05) is 16.2 Å². The molecule has 0 aliphatic heterocycles. The molecule has 0 unspecified atom stereocenters. The standard InChI is InChI=1S/C15H10BrFN2O2/c16-12-5-2-6-13(17)14(12)15(20)19-10-3-1-4-11(9-10)21-8-7-18/h1-6,9H,8H2,(H,19,20). The maximum absolute atomic E-state index is 13.7. The lowest BCUT2D eigenvalue weighted by molar-refractivity contribution is 0.102. The molecule has 6 heteroatoms. The number of amides is 1. The number of hydrogen-bond donors (Lipinski definition) is 1. The lowest BCUT2D eigenvalue weighted by atomic mass is 10.2. The highest BCUT2D eigenvalue weighted by molar-refractivity contribution is 9.10. The molecule has 2 rings (SSSR count). The van der Waals surface area contributed by atoms with E-state index in [4.69, 9.17) is 10.00 Å². The quantitative estimate of drug-likeness (QED) is 0.915. The van der Waals surface area contributed by atoms with Crippen LogP contribution in [0.25, 0.3) is 0 Å². The summed E-state index contributed by atoms with van der Waals surface area (Å²) >= 11 is 3.15. The predicted octanol–water partition coefficient (Wildman–Crippen LogP) is 3.74. The van der Waals surface area contributed by atoms with E-state index in [1.807, 2.05) is 6.07 Å². The van der Waals surface area contributed by atoms with Crippen LogP contribution in [0.3, 0.4) is 0 Å². The zero-order valence-electron chi connectivity index (χ0n) is 10.8. The first-order valence-corrected chi connectivity index (χ1v) is 6.76. The van der Waals surface area contributed by atoms with Gasteiger partial charge in [0.15, 0.2) is 6.61 Å². The Bertz CT molecular complexity index is 693. The van der Waals surface area contributed by atoms with Gasteiger partial charge in [0.05, 0.1) is 5.56 Å². The van der Waals surface area contributed by atoms with Crippen molar-refractivity contribution in [3.63, 3.8) is 0 Å². The molecular weight excluding hydrogens is 339 g/mol. The normalized spacial score (nSPS) is 9.76. The van der Waals surface area contributed by atoms with Gasteiger partial charge in [0.2, 0.25) is 0 Å². The average molecular weight is 349 g/mol. The van der Waals surface area contributed by atoms with Crippen molar-refractivity contribution in [1.82, 2.24) is 0 Å². The van der Waals surface area contributed by atoms with Gasteiger partial charge in [-0.3, -0.25) is 4.79 Å². The SMILES string of the molecule is N#CCOc1cccc(NC(=O)c2c(F)cccc2Br)c1. The number of ether oxygens (including phenoxy) is 1. The van der Waals surface area contributed by atoms with Crippen LogP contribution in [-0.2, 0) is 0 Å². The van der Waals surface area contributed by atoms with Crippen molar-refractivity contribution >= 4 is 27.5 Å². The van der Waals surface area contributed by atoms with Gasteiger partial charge in [-0.1, -0.05) is 12.1 Å². The Morgan fingerprint density at radius 2 is 2.10 bits per heavy atom. The Labute approximate surface area is 129 Å². The molecule has 0 aromatic heterocycles. The molecule has 21 heavy (non-hydrogen) atoms. The molecule has 0 spiro atoms. The van der Waals surface area contributed by atoms with Crippen molar-refractivity contribution in [3.05, 3.63) is 58.3 Å². The molecule has 0 heterocycles. The van der Waals surface area contributed by atoms with E-state index >= 15 is 0 Å². The summed E-state index contributed by atoms with van der Waals surface area (Å²) in [7, 11) is 0. The molecule has 0 atom stereocenters. The summed E-state index contributed by atoms with van der Waals surface area (Å²) in [6.45, 7) is -0.0870. The van der Waals surface area contributed by atoms with Gasteiger partial charge in [0.1, 0.15) is 17.6 Å². The number of halogens is 2. The second-order valence-corrected chi connectivity index (χ2v) is 4.88. The maximum atomic E-state index is 13.7. The lowest BCUT2D eigenvalue weighted by Crippen LogP contribution is -2.14. The van der Waals surface area contributed by atoms with Gasteiger partial charge in [-0.25, -0.2) is 4.39 Å². The topological polar surface area (TPSA) is 62.1 Å². The van der Waals surface area contributed by atoms with Crippen LogP contribution >= 0.6 is 15.9 Å². The molecule has 106 valence electrons. The summed E-state index contributed by atoms with van der Waals surface area (Å²) in [5.41, 5.74) is 0.381. The van der Waals surface area contributed by atoms with Gasteiger partial charge in [-0.05, 0) is 40.2 Å². The van der Waals surface area contributed by atoms with Crippen molar-refractivity contribution in [2.24, 2.45) is 0 Å². The largest absolute Gasteiger partial charge is 0.479 e. The minimum Gasteiger partial charge on any atom is -0.479 e.